The van der Waals surface area contributed by atoms with E-state index in [1.807, 2.05) is 13.0 Å². The zero-order chi connectivity index (χ0) is 16.6. The van der Waals surface area contributed by atoms with Gasteiger partial charge in [0.2, 0.25) is 10.0 Å². The number of primary sulfonamides is 1. The third-order valence-corrected chi connectivity index (χ3v) is 3.93. The second-order valence-corrected chi connectivity index (χ2v) is 7.06. The molecule has 0 radical (unpaired) electrons. The van der Waals surface area contributed by atoms with Crippen molar-refractivity contribution < 1.29 is 8.42 Å². The summed E-state index contributed by atoms with van der Waals surface area (Å²) in [6.45, 7) is 7.71. The predicted molar refractivity (Wildman–Crippen MR) is 91.5 cm³/mol. The molecule has 1 aromatic rings. The number of nitrogens with two attached hydrogens (primary N) is 1. The Bertz CT molecular complexity index is 599. The van der Waals surface area contributed by atoms with Crippen LogP contribution in [-0.4, -0.2) is 39.8 Å². The minimum atomic E-state index is -3.46. The average Bonchev–Trinajstić information content (AvgIpc) is 2.43. The molecule has 22 heavy (non-hydrogen) atoms. The van der Waals surface area contributed by atoms with Crippen LogP contribution in [0.1, 0.15) is 30.9 Å². The topological polar surface area (TPSA) is 96.6 Å². The van der Waals surface area contributed by atoms with Gasteiger partial charge in [-0.3, -0.25) is 4.99 Å². The number of sulfonamides is 1. The van der Waals surface area contributed by atoms with Gasteiger partial charge >= 0.3 is 0 Å². The lowest BCUT2D eigenvalue weighted by atomic mass is 10.00. The highest BCUT2D eigenvalue weighted by molar-refractivity contribution is 7.89. The Hall–Kier alpha value is -1.60. The summed E-state index contributed by atoms with van der Waals surface area (Å²) in [5, 5.41) is 11.0. The number of benzene rings is 1. The van der Waals surface area contributed by atoms with Crippen molar-refractivity contribution in [3.63, 3.8) is 0 Å². The number of hydrogen-bond donors (Lipinski definition) is 3. The summed E-state index contributed by atoms with van der Waals surface area (Å²) in [6.07, 6.45) is 0. The number of aliphatic imine (C=N–C) groups is 1. The maximum Gasteiger partial charge on any atom is 0.210 e. The van der Waals surface area contributed by atoms with Crippen LogP contribution in [0.5, 0.6) is 0 Å². The molecule has 0 spiro atoms. The highest BCUT2D eigenvalue weighted by Gasteiger charge is 2.07. The number of aryl methyl sites for hydroxylation is 1. The van der Waals surface area contributed by atoms with Crippen molar-refractivity contribution in [3.05, 3.63) is 35.4 Å². The summed E-state index contributed by atoms with van der Waals surface area (Å²) in [5.41, 5.74) is 2.47. The van der Waals surface area contributed by atoms with E-state index >= 15 is 0 Å². The van der Waals surface area contributed by atoms with Crippen LogP contribution in [0.25, 0.3) is 0 Å². The van der Waals surface area contributed by atoms with E-state index < -0.39 is 10.0 Å². The van der Waals surface area contributed by atoms with Crippen molar-refractivity contribution in [2.45, 2.75) is 26.7 Å². The zero-order valence-electron chi connectivity index (χ0n) is 13.5. The molecule has 0 fully saturated rings. The second kappa shape index (κ2) is 8.75. The van der Waals surface area contributed by atoms with Crippen molar-refractivity contribution in [2.75, 3.05) is 25.4 Å². The fourth-order valence-electron chi connectivity index (χ4n) is 1.96. The Labute approximate surface area is 133 Å². The van der Waals surface area contributed by atoms with Crippen molar-refractivity contribution >= 4 is 16.0 Å². The molecule has 6 nitrogen and oxygen atoms in total. The first-order chi connectivity index (χ1) is 10.3. The summed E-state index contributed by atoms with van der Waals surface area (Å²) < 4.78 is 21.9. The number of hydrogen-bond acceptors (Lipinski definition) is 3. The molecule has 0 saturated heterocycles. The standard InChI is InChI=1S/C15H26N4O2S/c1-4-17-15(18-8-9-22(16,20)21)19-11-13(3)14-7-5-6-12(2)10-14/h5-7,10,13H,4,8-9,11H2,1-3H3,(H2,16,20,21)(H2,17,18,19). The van der Waals surface area contributed by atoms with Crippen LogP contribution < -0.4 is 15.8 Å². The van der Waals surface area contributed by atoms with E-state index in [-0.39, 0.29) is 18.2 Å². The van der Waals surface area contributed by atoms with Crippen molar-refractivity contribution in [1.29, 1.82) is 0 Å². The van der Waals surface area contributed by atoms with Gasteiger partial charge in [0.05, 0.1) is 5.75 Å². The van der Waals surface area contributed by atoms with Crippen LogP contribution in [0.3, 0.4) is 0 Å². The van der Waals surface area contributed by atoms with Gasteiger partial charge in [-0.2, -0.15) is 0 Å². The van der Waals surface area contributed by atoms with Crippen molar-refractivity contribution in [2.24, 2.45) is 10.1 Å². The van der Waals surface area contributed by atoms with Crippen LogP contribution >= 0.6 is 0 Å². The first kappa shape index (κ1) is 18.4. The van der Waals surface area contributed by atoms with Gasteiger partial charge in [-0.1, -0.05) is 36.8 Å². The molecule has 0 aliphatic rings. The Kier molecular flexibility index (Phi) is 7.34. The molecule has 0 aliphatic heterocycles. The highest BCUT2D eigenvalue weighted by Crippen LogP contribution is 2.16. The summed E-state index contributed by atoms with van der Waals surface area (Å²) in [5.74, 6) is 0.768. The summed E-state index contributed by atoms with van der Waals surface area (Å²) in [7, 11) is -3.46. The van der Waals surface area contributed by atoms with E-state index in [9.17, 15) is 8.42 Å². The second-order valence-electron chi connectivity index (χ2n) is 5.33. The molecule has 1 aromatic carbocycles. The SMILES string of the molecule is CCNC(=NCC(C)c1cccc(C)c1)NCCS(N)(=O)=O. The number of guanidine groups is 1. The van der Waals surface area contributed by atoms with Crippen molar-refractivity contribution in [1.82, 2.24) is 10.6 Å². The van der Waals surface area contributed by atoms with Crippen molar-refractivity contribution in [3.8, 4) is 0 Å². The Morgan fingerprint density at radius 2 is 2.09 bits per heavy atom. The molecular weight excluding hydrogens is 300 g/mol. The van der Waals surface area contributed by atoms with Gasteiger partial charge in [0, 0.05) is 25.6 Å². The quantitative estimate of drug-likeness (QED) is 0.513. The van der Waals surface area contributed by atoms with Gasteiger partial charge in [-0.15, -0.1) is 0 Å². The molecule has 1 unspecified atom stereocenters. The zero-order valence-corrected chi connectivity index (χ0v) is 14.3. The summed E-state index contributed by atoms with van der Waals surface area (Å²) in [6, 6.07) is 8.36. The molecule has 7 heteroatoms. The predicted octanol–water partition coefficient (Wildman–Crippen LogP) is 0.942. The third-order valence-electron chi connectivity index (χ3n) is 3.16. The first-order valence-electron chi connectivity index (χ1n) is 7.41. The van der Waals surface area contributed by atoms with E-state index in [1.165, 1.54) is 11.1 Å². The van der Waals surface area contributed by atoms with Gasteiger partial charge in [-0.25, -0.2) is 13.6 Å². The first-order valence-corrected chi connectivity index (χ1v) is 9.12. The number of nitrogens with one attached hydrogen (secondary N) is 2. The Morgan fingerprint density at radius 1 is 1.36 bits per heavy atom. The lowest BCUT2D eigenvalue weighted by Crippen LogP contribution is -2.40. The molecule has 124 valence electrons. The third kappa shape index (κ3) is 7.42. The number of nitrogens with zero attached hydrogens (tertiary/aromatic N) is 1. The largest absolute Gasteiger partial charge is 0.357 e. The van der Waals surface area contributed by atoms with Crippen LogP contribution in [0.15, 0.2) is 29.3 Å². The molecule has 1 rings (SSSR count). The highest BCUT2D eigenvalue weighted by atomic mass is 32.2. The molecule has 0 aromatic heterocycles. The lowest BCUT2D eigenvalue weighted by Gasteiger charge is -2.14. The maximum absolute atomic E-state index is 10.9. The normalized spacial score (nSPS) is 13.7. The smallest absolute Gasteiger partial charge is 0.210 e. The lowest BCUT2D eigenvalue weighted by molar-refractivity contribution is 0.596. The molecule has 0 amide bonds. The fourth-order valence-corrected chi connectivity index (χ4v) is 2.35. The molecule has 0 saturated carbocycles. The molecule has 0 heterocycles. The fraction of sp³-hybridized carbons (Fsp3) is 0.533. The van der Waals surface area contributed by atoms with Crippen LogP contribution in [0.2, 0.25) is 0 Å². The minimum Gasteiger partial charge on any atom is -0.357 e. The molecular formula is C15H26N4O2S. The monoisotopic (exact) mass is 326 g/mol. The molecule has 0 bridgehead atoms. The minimum absolute atomic E-state index is 0.120. The van der Waals surface area contributed by atoms with E-state index in [2.05, 4.69) is 47.7 Å². The Morgan fingerprint density at radius 3 is 2.68 bits per heavy atom. The molecule has 0 aliphatic carbocycles. The van der Waals surface area contributed by atoms with Crippen LogP contribution in [-0.2, 0) is 10.0 Å². The van der Waals surface area contributed by atoms with Gasteiger partial charge in [0.1, 0.15) is 0 Å². The summed E-state index contributed by atoms with van der Waals surface area (Å²) >= 11 is 0. The van der Waals surface area contributed by atoms with E-state index in [4.69, 9.17) is 5.14 Å². The van der Waals surface area contributed by atoms with Crippen LogP contribution in [0.4, 0.5) is 0 Å². The van der Waals surface area contributed by atoms with E-state index in [0.717, 1.165) is 0 Å². The van der Waals surface area contributed by atoms with E-state index in [0.29, 0.717) is 19.0 Å². The van der Waals surface area contributed by atoms with Gasteiger partial charge in [0.15, 0.2) is 5.96 Å². The molecule has 1 atom stereocenters. The number of rotatable bonds is 7. The van der Waals surface area contributed by atoms with Gasteiger partial charge in [0.25, 0.3) is 0 Å². The van der Waals surface area contributed by atoms with Crippen LogP contribution in [0, 0.1) is 6.92 Å². The van der Waals surface area contributed by atoms with Gasteiger partial charge in [-0.05, 0) is 19.4 Å². The molecule has 4 N–H and O–H groups in total. The average molecular weight is 326 g/mol. The summed E-state index contributed by atoms with van der Waals surface area (Å²) in [4.78, 5) is 4.50. The maximum atomic E-state index is 10.9. The Balaban J connectivity index is 2.61. The van der Waals surface area contributed by atoms with Gasteiger partial charge < -0.3 is 10.6 Å². The van der Waals surface area contributed by atoms with E-state index in [1.54, 1.807) is 0 Å².